The van der Waals surface area contributed by atoms with Gasteiger partial charge in [0.05, 0.1) is 16.1 Å². The average Bonchev–Trinajstić information content (AvgIpc) is 3.29. The number of anilines is 1. The highest BCUT2D eigenvalue weighted by Crippen LogP contribution is 2.35. The molecule has 4 aromatic rings. The number of halogens is 1. The predicted molar refractivity (Wildman–Crippen MR) is 155 cm³/mol. The number of aromatic nitrogens is 1. The van der Waals surface area contributed by atoms with Crippen molar-refractivity contribution in [2.45, 2.75) is 24.2 Å². The maximum atomic E-state index is 13.7. The van der Waals surface area contributed by atoms with Crippen LogP contribution in [-0.4, -0.2) is 55.1 Å². The Morgan fingerprint density at radius 3 is 2.41 bits per heavy atom. The van der Waals surface area contributed by atoms with Crippen molar-refractivity contribution < 1.29 is 28.2 Å². The van der Waals surface area contributed by atoms with E-state index in [1.165, 1.54) is 36.4 Å². The van der Waals surface area contributed by atoms with Crippen LogP contribution in [0.4, 0.5) is 11.4 Å². The van der Waals surface area contributed by atoms with Gasteiger partial charge in [-0.15, -0.1) is 10.2 Å². The molecule has 4 N–H and O–H groups in total. The van der Waals surface area contributed by atoms with Crippen molar-refractivity contribution in [3.05, 3.63) is 83.4 Å². The summed E-state index contributed by atoms with van der Waals surface area (Å²) in [6.07, 6.45) is 1.07. The van der Waals surface area contributed by atoms with Gasteiger partial charge >= 0.3 is 0 Å². The quantitative estimate of drug-likeness (QED) is 0.139. The normalized spacial score (nSPS) is 11.7. The number of H-pyrrole nitrogens is 1. The lowest BCUT2D eigenvalue weighted by molar-refractivity contribution is -0.121. The van der Waals surface area contributed by atoms with Crippen molar-refractivity contribution in [2.75, 3.05) is 24.0 Å². The predicted octanol–water partition coefficient (Wildman–Crippen LogP) is 4.46. The Kier molecular flexibility index (Phi) is 9.71. The highest BCUT2D eigenvalue weighted by molar-refractivity contribution is 7.92. The molecule has 0 radical (unpaired) electrons. The average molecular weight is 598 g/mol. The van der Waals surface area contributed by atoms with E-state index < -0.39 is 22.5 Å². The Balaban J connectivity index is 1.53. The second-order valence-electron chi connectivity index (χ2n) is 9.02. The lowest BCUT2D eigenvalue weighted by atomic mass is 10.1. The minimum atomic E-state index is -4.23. The molecule has 0 unspecified atom stereocenters. The Morgan fingerprint density at radius 2 is 1.71 bits per heavy atom. The van der Waals surface area contributed by atoms with E-state index in [4.69, 9.17) is 16.7 Å². The molecule has 0 fully saturated rings. The number of aromatic amines is 1. The third-order valence-corrected chi connectivity index (χ3v) is 8.16. The lowest BCUT2D eigenvalue weighted by Gasteiger charge is -2.23. The summed E-state index contributed by atoms with van der Waals surface area (Å²) < 4.78 is 28.3. The number of nitrogens with one attached hydrogen (secondary N) is 2. The molecular weight excluding hydrogens is 570 g/mol. The maximum absolute atomic E-state index is 13.7. The summed E-state index contributed by atoms with van der Waals surface area (Å²) in [5.41, 5.74) is 1.61. The number of hydrogen-bond donors (Lipinski definition) is 4. The van der Waals surface area contributed by atoms with Crippen LogP contribution in [0.1, 0.15) is 18.4 Å². The van der Waals surface area contributed by atoms with Gasteiger partial charge in [0.1, 0.15) is 6.54 Å². The molecule has 0 spiro atoms. The van der Waals surface area contributed by atoms with E-state index in [0.29, 0.717) is 35.3 Å². The molecule has 0 aliphatic rings. The van der Waals surface area contributed by atoms with E-state index in [0.717, 1.165) is 9.87 Å². The lowest BCUT2D eigenvalue weighted by Crippen LogP contribution is -2.35. The summed E-state index contributed by atoms with van der Waals surface area (Å²) in [5.74, 6) is -1.30. The zero-order valence-electron chi connectivity index (χ0n) is 21.8. The molecule has 3 aromatic carbocycles. The topological polar surface area (TPSA) is 165 Å². The van der Waals surface area contributed by atoms with Gasteiger partial charge in [0.15, 0.2) is 5.69 Å². The van der Waals surface area contributed by atoms with Crippen LogP contribution in [0.2, 0.25) is 5.02 Å². The highest BCUT2D eigenvalue weighted by atomic mass is 35.5. The van der Waals surface area contributed by atoms with Crippen molar-refractivity contribution in [1.82, 2.24) is 10.3 Å². The second-order valence-corrected chi connectivity index (χ2v) is 11.3. The molecule has 11 nitrogen and oxygen atoms in total. The maximum Gasteiger partial charge on any atom is 0.285 e. The largest absolute Gasteiger partial charge is 0.493 e. The minimum Gasteiger partial charge on any atom is -0.493 e. The molecule has 2 amide bonds. The number of rotatable bonds is 12. The molecule has 41 heavy (non-hydrogen) atoms. The van der Waals surface area contributed by atoms with Crippen LogP contribution in [0, 0.1) is 0 Å². The number of carbonyl (C=O) groups excluding carboxylic acids is 2. The van der Waals surface area contributed by atoms with Crippen LogP contribution >= 0.6 is 11.6 Å². The number of aliphatic hydroxyl groups excluding tert-OH is 1. The number of para-hydroxylation sites is 1. The summed E-state index contributed by atoms with van der Waals surface area (Å²) in [4.78, 5) is 27.5. The summed E-state index contributed by atoms with van der Waals surface area (Å²) >= 11 is 5.99. The van der Waals surface area contributed by atoms with Gasteiger partial charge in [-0.05, 0) is 60.9 Å². The van der Waals surface area contributed by atoms with Crippen LogP contribution < -0.4 is 9.62 Å². The van der Waals surface area contributed by atoms with Crippen LogP contribution in [0.25, 0.3) is 10.9 Å². The van der Waals surface area contributed by atoms with Crippen LogP contribution in [0.3, 0.4) is 0 Å². The molecule has 4 rings (SSSR count). The fourth-order valence-electron chi connectivity index (χ4n) is 4.01. The Hall–Kier alpha value is -4.26. The van der Waals surface area contributed by atoms with E-state index in [1.54, 1.807) is 36.4 Å². The SMILES string of the molecule is O=C(CN(c1ccc(Cl)cc1)S(=O)(=O)c1ccc(CCC(=O)NCCCO)cc1)N=Nc1c(O)[nH]c2ccccc12. The number of sulfonamides is 1. The van der Waals surface area contributed by atoms with Crippen molar-refractivity contribution in [3.63, 3.8) is 0 Å². The van der Waals surface area contributed by atoms with Gasteiger partial charge in [0.25, 0.3) is 15.9 Å². The third kappa shape index (κ3) is 7.48. The summed E-state index contributed by atoms with van der Waals surface area (Å²) in [6.45, 7) is -0.286. The number of fused-ring (bicyclic) bond motifs is 1. The van der Waals surface area contributed by atoms with Crippen LogP contribution in [0.15, 0.2) is 87.9 Å². The summed E-state index contributed by atoms with van der Waals surface area (Å²) in [6, 6.07) is 18.9. The number of hydrogen-bond acceptors (Lipinski definition) is 7. The van der Waals surface area contributed by atoms with Gasteiger partial charge in [-0.25, -0.2) is 8.42 Å². The Labute approximate surface area is 241 Å². The molecule has 214 valence electrons. The zero-order valence-corrected chi connectivity index (χ0v) is 23.4. The van der Waals surface area contributed by atoms with Crippen LogP contribution in [0.5, 0.6) is 5.88 Å². The number of aromatic hydroxyl groups is 1. The molecule has 1 heterocycles. The summed E-state index contributed by atoms with van der Waals surface area (Å²) in [7, 11) is -4.23. The summed E-state index contributed by atoms with van der Waals surface area (Å²) in [5, 5.41) is 30.2. The first-order valence-corrected chi connectivity index (χ1v) is 14.5. The standard InChI is InChI=1S/C28H28ClN5O6S/c29-20-9-11-21(12-10-20)34(18-26(37)32-33-27-23-4-1-2-5-24(23)31-28(27)38)41(39,40)22-13-6-19(7-14-22)8-15-25(36)30-16-3-17-35/h1-2,4-7,9-14,31,35,38H,3,8,15-18H2,(H,30,36). The van der Waals surface area contributed by atoms with Crippen molar-refractivity contribution in [2.24, 2.45) is 10.2 Å². The smallest absolute Gasteiger partial charge is 0.285 e. The molecule has 0 atom stereocenters. The third-order valence-electron chi connectivity index (χ3n) is 6.12. The van der Waals surface area contributed by atoms with Gasteiger partial charge < -0.3 is 20.5 Å². The number of aliphatic hydroxyl groups is 1. The van der Waals surface area contributed by atoms with Crippen molar-refractivity contribution in [3.8, 4) is 5.88 Å². The molecule has 13 heteroatoms. The Morgan fingerprint density at radius 1 is 1.00 bits per heavy atom. The fraction of sp³-hybridized carbons (Fsp3) is 0.214. The molecule has 0 saturated carbocycles. The first kappa shape index (κ1) is 29.7. The first-order valence-electron chi connectivity index (χ1n) is 12.7. The van der Waals surface area contributed by atoms with E-state index in [9.17, 15) is 23.1 Å². The molecule has 0 aliphatic carbocycles. The van der Waals surface area contributed by atoms with E-state index in [-0.39, 0.29) is 41.1 Å². The van der Waals surface area contributed by atoms with Gasteiger partial charge in [0.2, 0.25) is 11.8 Å². The van der Waals surface area contributed by atoms with Gasteiger partial charge in [-0.2, -0.15) is 0 Å². The van der Waals surface area contributed by atoms with Crippen molar-refractivity contribution in [1.29, 1.82) is 0 Å². The van der Waals surface area contributed by atoms with E-state index in [2.05, 4.69) is 20.5 Å². The molecule has 0 bridgehead atoms. The highest BCUT2D eigenvalue weighted by Gasteiger charge is 2.27. The van der Waals surface area contributed by atoms with Gasteiger partial charge in [0, 0.05) is 30.0 Å². The number of azo groups is 1. The second kappa shape index (κ2) is 13.4. The number of aryl methyl sites for hydroxylation is 1. The molecule has 0 saturated heterocycles. The minimum absolute atomic E-state index is 0.00853. The van der Waals surface area contributed by atoms with Gasteiger partial charge in [-0.3, -0.25) is 13.9 Å². The first-order chi connectivity index (χ1) is 19.7. The van der Waals surface area contributed by atoms with E-state index >= 15 is 0 Å². The number of carbonyl (C=O) groups is 2. The number of benzene rings is 3. The van der Waals surface area contributed by atoms with Gasteiger partial charge in [-0.1, -0.05) is 41.9 Å². The fourth-order valence-corrected chi connectivity index (χ4v) is 5.55. The van der Waals surface area contributed by atoms with E-state index in [1.807, 2.05) is 0 Å². The number of nitrogens with zero attached hydrogens (tertiary/aromatic N) is 3. The molecule has 1 aromatic heterocycles. The molecule has 0 aliphatic heterocycles. The Bertz CT molecular complexity index is 1650. The van der Waals surface area contributed by atoms with Crippen LogP contribution in [-0.2, 0) is 26.0 Å². The zero-order chi connectivity index (χ0) is 29.4. The molecular formula is C28H28ClN5O6S. The number of amides is 2. The van der Waals surface area contributed by atoms with Crippen molar-refractivity contribution >= 4 is 55.7 Å². The monoisotopic (exact) mass is 597 g/mol.